The number of halogens is 1. The number of unbranched alkanes of at least 4 members (excludes halogenated alkanes) is 2. The third kappa shape index (κ3) is 6.18. The van der Waals surface area contributed by atoms with Crippen LogP contribution in [0.15, 0.2) is 0 Å². The van der Waals surface area contributed by atoms with Gasteiger partial charge in [-0.2, -0.15) is 0 Å². The molecule has 0 fully saturated rings. The Morgan fingerprint density at radius 2 is 1.92 bits per heavy atom. The van der Waals surface area contributed by atoms with Gasteiger partial charge in [-0.15, -0.1) is 0 Å². The Hall–Kier alpha value is 0.0669. The van der Waals surface area contributed by atoms with Crippen molar-refractivity contribution in [2.75, 3.05) is 20.4 Å². The molecule has 0 heterocycles. The molecule has 0 amide bonds. The zero-order valence-corrected chi connectivity index (χ0v) is 9.94. The number of hydrogen-bond acceptors (Lipinski definition) is 2. The second-order valence-electron chi connectivity index (χ2n) is 3.29. The lowest BCUT2D eigenvalue weighted by Crippen LogP contribution is -2.36. The SMILES string of the molecule is CC[Si](C)(OC)OCCCCCF. The van der Waals surface area contributed by atoms with Gasteiger partial charge in [0.2, 0.25) is 0 Å². The first-order valence-electron chi connectivity index (χ1n) is 4.93. The monoisotopic (exact) mass is 208 g/mol. The first kappa shape index (κ1) is 13.1. The van der Waals surface area contributed by atoms with Crippen molar-refractivity contribution in [1.29, 1.82) is 0 Å². The van der Waals surface area contributed by atoms with E-state index in [1.54, 1.807) is 7.11 Å². The summed E-state index contributed by atoms with van der Waals surface area (Å²) in [5.41, 5.74) is 0. The van der Waals surface area contributed by atoms with Gasteiger partial charge >= 0.3 is 8.56 Å². The van der Waals surface area contributed by atoms with E-state index < -0.39 is 8.56 Å². The first-order chi connectivity index (χ1) is 6.18. The fourth-order valence-corrected chi connectivity index (χ4v) is 2.15. The fraction of sp³-hybridized carbons (Fsp3) is 1.00. The molecule has 0 radical (unpaired) electrons. The van der Waals surface area contributed by atoms with Gasteiger partial charge in [0.05, 0.1) is 6.67 Å². The minimum Gasteiger partial charge on any atom is -0.398 e. The fourth-order valence-electron chi connectivity index (χ4n) is 0.967. The maximum atomic E-state index is 11.7. The van der Waals surface area contributed by atoms with E-state index >= 15 is 0 Å². The second kappa shape index (κ2) is 7.47. The van der Waals surface area contributed by atoms with Crippen LogP contribution in [0, 0.1) is 0 Å². The predicted octanol–water partition coefficient (Wildman–Crippen LogP) is 2.88. The van der Waals surface area contributed by atoms with Gasteiger partial charge in [-0.05, 0) is 31.9 Å². The second-order valence-corrected chi connectivity index (χ2v) is 6.96. The number of alkyl halides is 1. The lowest BCUT2D eigenvalue weighted by atomic mass is 10.3. The van der Waals surface area contributed by atoms with Crippen LogP contribution < -0.4 is 0 Å². The summed E-state index contributed by atoms with van der Waals surface area (Å²) in [5, 5.41) is 0. The van der Waals surface area contributed by atoms with Gasteiger partial charge in [-0.25, -0.2) is 0 Å². The van der Waals surface area contributed by atoms with E-state index in [4.69, 9.17) is 8.85 Å². The summed E-state index contributed by atoms with van der Waals surface area (Å²) in [4.78, 5) is 0. The molecule has 0 spiro atoms. The van der Waals surface area contributed by atoms with E-state index in [2.05, 4.69) is 13.5 Å². The highest BCUT2D eigenvalue weighted by atomic mass is 28.4. The minimum absolute atomic E-state index is 0.216. The largest absolute Gasteiger partial charge is 0.398 e. The Labute approximate surface area is 81.7 Å². The molecule has 0 aromatic carbocycles. The smallest absolute Gasteiger partial charge is 0.334 e. The van der Waals surface area contributed by atoms with Gasteiger partial charge in [-0.3, -0.25) is 4.39 Å². The van der Waals surface area contributed by atoms with Gasteiger partial charge in [0.1, 0.15) is 0 Å². The molecule has 2 nitrogen and oxygen atoms in total. The molecule has 80 valence electrons. The van der Waals surface area contributed by atoms with E-state index in [1.165, 1.54) is 0 Å². The molecule has 0 aromatic rings. The lowest BCUT2D eigenvalue weighted by Gasteiger charge is -2.23. The lowest BCUT2D eigenvalue weighted by molar-refractivity contribution is 0.200. The predicted molar refractivity (Wildman–Crippen MR) is 54.9 cm³/mol. The van der Waals surface area contributed by atoms with Crippen LogP contribution in [-0.2, 0) is 8.85 Å². The van der Waals surface area contributed by atoms with Crippen LogP contribution in [0.25, 0.3) is 0 Å². The zero-order valence-electron chi connectivity index (χ0n) is 8.94. The van der Waals surface area contributed by atoms with Gasteiger partial charge in [0.25, 0.3) is 0 Å². The molecule has 0 aliphatic carbocycles. The van der Waals surface area contributed by atoms with Crippen LogP contribution in [0.4, 0.5) is 4.39 Å². The van der Waals surface area contributed by atoms with Crippen molar-refractivity contribution in [3.05, 3.63) is 0 Å². The molecule has 0 aliphatic rings. The molecule has 0 bridgehead atoms. The Kier molecular flexibility index (Phi) is 7.51. The third-order valence-electron chi connectivity index (χ3n) is 2.26. The average Bonchev–Trinajstić information content (AvgIpc) is 2.17. The van der Waals surface area contributed by atoms with E-state index in [9.17, 15) is 4.39 Å². The third-order valence-corrected chi connectivity index (χ3v) is 5.22. The average molecular weight is 208 g/mol. The van der Waals surface area contributed by atoms with Crippen LogP contribution >= 0.6 is 0 Å². The minimum atomic E-state index is -1.85. The van der Waals surface area contributed by atoms with Crippen molar-refractivity contribution < 1.29 is 13.2 Å². The van der Waals surface area contributed by atoms with Gasteiger partial charge in [0.15, 0.2) is 0 Å². The first-order valence-corrected chi connectivity index (χ1v) is 7.46. The maximum absolute atomic E-state index is 11.7. The molecule has 0 aromatic heterocycles. The van der Waals surface area contributed by atoms with Crippen molar-refractivity contribution in [2.45, 2.75) is 38.8 Å². The zero-order chi connectivity index (χ0) is 10.2. The van der Waals surface area contributed by atoms with E-state index in [0.717, 1.165) is 18.9 Å². The van der Waals surface area contributed by atoms with Crippen molar-refractivity contribution in [2.24, 2.45) is 0 Å². The Morgan fingerprint density at radius 1 is 1.23 bits per heavy atom. The standard InChI is InChI=1S/C9H21FO2Si/c1-4-13(3,11-2)12-9-7-5-6-8-10/h4-9H2,1-3H3. The highest BCUT2D eigenvalue weighted by molar-refractivity contribution is 6.65. The summed E-state index contributed by atoms with van der Waals surface area (Å²) in [6.45, 7) is 4.64. The summed E-state index contributed by atoms with van der Waals surface area (Å²) in [7, 11) is -0.146. The van der Waals surface area contributed by atoms with Crippen molar-refractivity contribution in [3.63, 3.8) is 0 Å². The van der Waals surface area contributed by atoms with Crippen LogP contribution in [0.1, 0.15) is 26.2 Å². The molecular weight excluding hydrogens is 187 g/mol. The van der Waals surface area contributed by atoms with Crippen molar-refractivity contribution in [1.82, 2.24) is 0 Å². The van der Waals surface area contributed by atoms with E-state index in [1.807, 2.05) is 0 Å². The van der Waals surface area contributed by atoms with Gasteiger partial charge in [0, 0.05) is 13.7 Å². The Bertz CT molecular complexity index is 118. The summed E-state index contributed by atoms with van der Waals surface area (Å²) in [5.74, 6) is 0. The van der Waals surface area contributed by atoms with Crippen LogP contribution in [0.3, 0.4) is 0 Å². The Balaban J connectivity index is 3.39. The molecular formula is C9H21FO2Si. The van der Waals surface area contributed by atoms with Crippen LogP contribution in [0.5, 0.6) is 0 Å². The van der Waals surface area contributed by atoms with Gasteiger partial charge in [-0.1, -0.05) is 6.92 Å². The molecule has 4 heteroatoms. The van der Waals surface area contributed by atoms with Gasteiger partial charge < -0.3 is 8.85 Å². The topological polar surface area (TPSA) is 18.5 Å². The van der Waals surface area contributed by atoms with Crippen LogP contribution in [0.2, 0.25) is 12.6 Å². The summed E-state index contributed by atoms with van der Waals surface area (Å²) in [6, 6.07) is 0.965. The van der Waals surface area contributed by atoms with E-state index in [-0.39, 0.29) is 6.67 Å². The number of hydrogen-bond donors (Lipinski definition) is 0. The molecule has 0 aliphatic heterocycles. The maximum Gasteiger partial charge on any atom is 0.334 e. The van der Waals surface area contributed by atoms with Crippen LogP contribution in [-0.4, -0.2) is 29.0 Å². The molecule has 0 N–H and O–H groups in total. The number of rotatable bonds is 8. The highest BCUT2D eigenvalue weighted by Crippen LogP contribution is 2.12. The summed E-state index contributed by atoms with van der Waals surface area (Å²) >= 11 is 0. The molecule has 1 atom stereocenters. The quantitative estimate of drug-likeness (QED) is 0.451. The molecule has 0 saturated heterocycles. The van der Waals surface area contributed by atoms with E-state index in [0.29, 0.717) is 13.0 Å². The van der Waals surface area contributed by atoms with Crippen molar-refractivity contribution >= 4 is 8.56 Å². The van der Waals surface area contributed by atoms with Crippen molar-refractivity contribution in [3.8, 4) is 0 Å². The normalized spacial score (nSPS) is 15.7. The summed E-state index contributed by atoms with van der Waals surface area (Å²) in [6.07, 6.45) is 2.50. The summed E-state index contributed by atoms with van der Waals surface area (Å²) < 4.78 is 22.7. The molecule has 0 rings (SSSR count). The Morgan fingerprint density at radius 3 is 2.38 bits per heavy atom. The molecule has 0 saturated carbocycles. The molecule has 13 heavy (non-hydrogen) atoms. The highest BCUT2D eigenvalue weighted by Gasteiger charge is 2.26. The molecule has 1 unspecified atom stereocenters.